The molecular weight excluding hydrogens is 160 g/mol. The Balaban J connectivity index is 3.33. The third-order valence-electron chi connectivity index (χ3n) is 1.95. The molecule has 64 valence electrons. The zero-order valence-corrected chi connectivity index (χ0v) is 7.41. The first kappa shape index (κ1) is 9.39. The van der Waals surface area contributed by atoms with Crippen molar-refractivity contribution in [2.24, 2.45) is 0 Å². The van der Waals surface area contributed by atoms with Crippen LogP contribution < -0.4 is 0 Å². The van der Waals surface area contributed by atoms with Crippen LogP contribution in [0.4, 0.5) is 0 Å². The Kier molecular flexibility index (Phi) is 2.42. The summed E-state index contributed by atoms with van der Waals surface area (Å²) in [6, 6.07) is 7.25. The maximum atomic E-state index is 9.81. The molecule has 0 aromatic heterocycles. The Bertz CT molecular complexity index is 376. The number of benzene rings is 1. The lowest BCUT2D eigenvalue weighted by atomic mass is 9.92. The van der Waals surface area contributed by atoms with Gasteiger partial charge in [-0.2, -0.15) is 0 Å². The Morgan fingerprint density at radius 1 is 1.23 bits per heavy atom. The van der Waals surface area contributed by atoms with E-state index in [9.17, 15) is 5.11 Å². The van der Waals surface area contributed by atoms with Crippen LogP contribution in [0, 0.1) is 31.6 Å². The van der Waals surface area contributed by atoms with Crippen LogP contribution in [0.1, 0.15) is 11.1 Å². The maximum absolute atomic E-state index is 9.81. The molecule has 0 aliphatic heterocycles. The van der Waals surface area contributed by atoms with Gasteiger partial charge < -0.3 is 5.11 Å². The number of terminal acetylenes is 2. The first-order chi connectivity index (χ1) is 6.14. The van der Waals surface area contributed by atoms with Gasteiger partial charge in [-0.25, -0.2) is 0 Å². The molecule has 1 rings (SSSR count). The van der Waals surface area contributed by atoms with E-state index in [2.05, 4.69) is 11.8 Å². The van der Waals surface area contributed by atoms with Crippen molar-refractivity contribution < 1.29 is 5.11 Å². The quantitative estimate of drug-likeness (QED) is 0.632. The molecule has 0 heterocycles. The van der Waals surface area contributed by atoms with Crippen molar-refractivity contribution in [2.75, 3.05) is 0 Å². The first-order valence-corrected chi connectivity index (χ1v) is 3.88. The Labute approximate surface area is 78.4 Å². The summed E-state index contributed by atoms with van der Waals surface area (Å²) in [5.74, 6) is 4.41. The summed E-state index contributed by atoms with van der Waals surface area (Å²) in [5.41, 5.74) is -0.0911. The molecule has 1 aromatic carbocycles. The largest absolute Gasteiger partial charge is 0.364 e. The molecule has 0 saturated carbocycles. The van der Waals surface area contributed by atoms with Crippen molar-refractivity contribution >= 4 is 0 Å². The minimum absolute atomic E-state index is 0.597. The van der Waals surface area contributed by atoms with Crippen molar-refractivity contribution in [2.45, 2.75) is 12.5 Å². The zero-order valence-electron chi connectivity index (χ0n) is 7.41. The second-order valence-electron chi connectivity index (χ2n) is 2.81. The molecule has 0 aliphatic rings. The Hall–Kier alpha value is -1.70. The molecule has 0 fully saturated rings. The van der Waals surface area contributed by atoms with Crippen molar-refractivity contribution in [3.63, 3.8) is 0 Å². The average molecular weight is 170 g/mol. The third-order valence-corrected chi connectivity index (χ3v) is 1.95. The van der Waals surface area contributed by atoms with Gasteiger partial charge in [0, 0.05) is 5.56 Å². The molecule has 0 unspecified atom stereocenters. The lowest BCUT2D eigenvalue weighted by molar-refractivity contribution is 0.164. The van der Waals surface area contributed by atoms with Gasteiger partial charge in [-0.3, -0.25) is 0 Å². The van der Waals surface area contributed by atoms with E-state index in [1.54, 1.807) is 12.1 Å². The van der Waals surface area contributed by atoms with E-state index in [0.717, 1.165) is 5.56 Å². The van der Waals surface area contributed by atoms with Crippen molar-refractivity contribution in [1.29, 1.82) is 0 Å². The topological polar surface area (TPSA) is 20.2 Å². The standard InChI is InChI=1S/C12H10O/c1-4-12(13,5-2)11-9-7-6-8-10(11)3/h1-2,6-9,13H,3H3. The predicted molar refractivity (Wildman–Crippen MR) is 52.7 cm³/mol. The predicted octanol–water partition coefficient (Wildman–Crippen LogP) is 1.45. The van der Waals surface area contributed by atoms with Crippen LogP contribution in [0.2, 0.25) is 0 Å². The van der Waals surface area contributed by atoms with E-state index in [0.29, 0.717) is 5.56 Å². The summed E-state index contributed by atoms with van der Waals surface area (Å²) in [4.78, 5) is 0. The summed E-state index contributed by atoms with van der Waals surface area (Å²) in [6.45, 7) is 1.86. The van der Waals surface area contributed by atoms with Crippen LogP contribution in [0.5, 0.6) is 0 Å². The molecule has 13 heavy (non-hydrogen) atoms. The van der Waals surface area contributed by atoms with Gasteiger partial charge in [0.15, 0.2) is 0 Å². The summed E-state index contributed by atoms with van der Waals surface area (Å²) in [7, 11) is 0. The maximum Gasteiger partial charge on any atom is 0.213 e. The molecule has 0 aliphatic carbocycles. The monoisotopic (exact) mass is 170 g/mol. The highest BCUT2D eigenvalue weighted by molar-refractivity contribution is 5.43. The fraction of sp³-hybridized carbons (Fsp3) is 0.167. The zero-order chi connectivity index (χ0) is 9.90. The number of hydrogen-bond donors (Lipinski definition) is 1. The van der Waals surface area contributed by atoms with Crippen molar-refractivity contribution in [3.8, 4) is 24.7 Å². The van der Waals surface area contributed by atoms with Gasteiger partial charge in [-0.05, 0) is 12.5 Å². The van der Waals surface area contributed by atoms with Gasteiger partial charge in [0.1, 0.15) is 0 Å². The van der Waals surface area contributed by atoms with Gasteiger partial charge >= 0.3 is 0 Å². The van der Waals surface area contributed by atoms with Crippen LogP contribution >= 0.6 is 0 Å². The van der Waals surface area contributed by atoms with E-state index in [-0.39, 0.29) is 0 Å². The molecule has 1 nitrogen and oxygen atoms in total. The summed E-state index contributed by atoms with van der Waals surface area (Å²) in [6.07, 6.45) is 10.4. The molecule has 0 saturated heterocycles. The smallest absolute Gasteiger partial charge is 0.213 e. The minimum atomic E-state index is -1.58. The van der Waals surface area contributed by atoms with Crippen LogP contribution in [-0.4, -0.2) is 5.11 Å². The molecule has 0 radical (unpaired) electrons. The molecule has 1 heteroatoms. The second kappa shape index (κ2) is 3.35. The first-order valence-electron chi connectivity index (χ1n) is 3.88. The van der Waals surface area contributed by atoms with E-state index in [1.165, 1.54) is 0 Å². The average Bonchev–Trinajstić information content (AvgIpc) is 2.17. The van der Waals surface area contributed by atoms with Gasteiger partial charge in [0.05, 0.1) is 0 Å². The van der Waals surface area contributed by atoms with E-state index < -0.39 is 5.60 Å². The Morgan fingerprint density at radius 3 is 2.23 bits per heavy atom. The van der Waals surface area contributed by atoms with Gasteiger partial charge in [-0.1, -0.05) is 36.1 Å². The highest BCUT2D eigenvalue weighted by Gasteiger charge is 2.24. The fourth-order valence-corrected chi connectivity index (χ4v) is 1.18. The lowest BCUT2D eigenvalue weighted by Gasteiger charge is -2.17. The molecule has 0 amide bonds. The summed E-state index contributed by atoms with van der Waals surface area (Å²) < 4.78 is 0. The van der Waals surface area contributed by atoms with E-state index >= 15 is 0 Å². The van der Waals surface area contributed by atoms with E-state index in [4.69, 9.17) is 12.8 Å². The van der Waals surface area contributed by atoms with Crippen LogP contribution in [0.15, 0.2) is 24.3 Å². The van der Waals surface area contributed by atoms with Crippen LogP contribution in [-0.2, 0) is 5.60 Å². The summed E-state index contributed by atoms with van der Waals surface area (Å²) in [5, 5.41) is 9.81. The van der Waals surface area contributed by atoms with Gasteiger partial charge in [-0.15, -0.1) is 12.8 Å². The van der Waals surface area contributed by atoms with Crippen molar-refractivity contribution in [3.05, 3.63) is 35.4 Å². The van der Waals surface area contributed by atoms with E-state index in [1.807, 2.05) is 19.1 Å². The number of aryl methyl sites for hydroxylation is 1. The normalized spacial score (nSPS) is 10.2. The Morgan fingerprint density at radius 2 is 1.77 bits per heavy atom. The van der Waals surface area contributed by atoms with Gasteiger partial charge in [0.2, 0.25) is 5.60 Å². The minimum Gasteiger partial charge on any atom is -0.364 e. The SMILES string of the molecule is C#CC(O)(C#C)c1ccccc1C. The van der Waals surface area contributed by atoms with Crippen LogP contribution in [0.3, 0.4) is 0 Å². The highest BCUT2D eigenvalue weighted by Crippen LogP contribution is 2.22. The second-order valence-corrected chi connectivity index (χ2v) is 2.81. The van der Waals surface area contributed by atoms with Crippen molar-refractivity contribution in [1.82, 2.24) is 0 Å². The third kappa shape index (κ3) is 1.56. The number of rotatable bonds is 1. The molecular formula is C12H10O. The van der Waals surface area contributed by atoms with Crippen LogP contribution in [0.25, 0.3) is 0 Å². The summed E-state index contributed by atoms with van der Waals surface area (Å²) >= 11 is 0. The molecule has 0 spiro atoms. The molecule has 0 bridgehead atoms. The molecule has 0 atom stereocenters. The number of hydrogen-bond acceptors (Lipinski definition) is 1. The molecule has 1 aromatic rings. The molecule has 1 N–H and O–H groups in total. The lowest BCUT2D eigenvalue weighted by Crippen LogP contribution is -2.21. The highest BCUT2D eigenvalue weighted by atomic mass is 16.3. The fourth-order valence-electron chi connectivity index (χ4n) is 1.18. The number of aliphatic hydroxyl groups is 1. The van der Waals surface area contributed by atoms with Gasteiger partial charge in [0.25, 0.3) is 0 Å².